The molecule has 2 aliphatic rings. The van der Waals surface area contributed by atoms with E-state index in [0.717, 1.165) is 22.2 Å². The number of amides is 3. The van der Waals surface area contributed by atoms with E-state index in [4.69, 9.17) is 4.74 Å². The summed E-state index contributed by atoms with van der Waals surface area (Å²) in [6.07, 6.45) is 4.06. The topological polar surface area (TPSA) is 127 Å². The summed E-state index contributed by atoms with van der Waals surface area (Å²) >= 11 is 0. The first-order valence-corrected chi connectivity index (χ1v) is 11.0. The molecule has 10 heteroatoms. The number of imide groups is 1. The van der Waals surface area contributed by atoms with Crippen molar-refractivity contribution in [3.8, 4) is 5.75 Å². The number of ether oxygens (including phenoxy) is 1. The number of Topliss-reactive ketones (excluding diaryl/α,β-unsaturated/α-hetero) is 1. The summed E-state index contributed by atoms with van der Waals surface area (Å²) in [4.78, 5) is 63.7. The zero-order valence-electron chi connectivity index (χ0n) is 19.1. The summed E-state index contributed by atoms with van der Waals surface area (Å²) in [7, 11) is 1.45. The molecule has 2 aromatic carbocycles. The number of nitro groups is 1. The van der Waals surface area contributed by atoms with E-state index in [1.807, 2.05) is 19.1 Å². The predicted octanol–water partition coefficient (Wildman–Crippen LogP) is 3.04. The van der Waals surface area contributed by atoms with Crippen LogP contribution < -0.4 is 4.74 Å². The zero-order valence-corrected chi connectivity index (χ0v) is 19.1. The first-order chi connectivity index (χ1) is 16.7. The number of allylic oxidation sites excluding steroid dienone is 2. The van der Waals surface area contributed by atoms with Crippen LogP contribution in [-0.2, 0) is 9.59 Å². The number of methoxy groups -OCH3 is 1. The second-order valence-electron chi connectivity index (χ2n) is 8.47. The molecule has 1 fully saturated rings. The maximum Gasteiger partial charge on any atom is 0.273 e. The van der Waals surface area contributed by atoms with E-state index < -0.39 is 46.8 Å². The lowest BCUT2D eigenvalue weighted by Crippen LogP contribution is -2.52. The third-order valence-electron chi connectivity index (χ3n) is 6.34. The molecule has 0 saturated carbocycles. The van der Waals surface area contributed by atoms with Gasteiger partial charge in [-0.2, -0.15) is 5.01 Å². The van der Waals surface area contributed by atoms with Crippen LogP contribution >= 0.6 is 0 Å². The van der Waals surface area contributed by atoms with Crippen molar-refractivity contribution in [3.63, 3.8) is 0 Å². The number of hydrogen-bond acceptors (Lipinski definition) is 7. The van der Waals surface area contributed by atoms with Crippen molar-refractivity contribution in [3.05, 3.63) is 81.9 Å². The van der Waals surface area contributed by atoms with Gasteiger partial charge >= 0.3 is 0 Å². The van der Waals surface area contributed by atoms with E-state index in [1.165, 1.54) is 25.3 Å². The van der Waals surface area contributed by atoms with Crippen molar-refractivity contribution in [1.29, 1.82) is 0 Å². The summed E-state index contributed by atoms with van der Waals surface area (Å²) in [6, 6.07) is 11.1. The van der Waals surface area contributed by atoms with E-state index in [2.05, 4.69) is 0 Å². The van der Waals surface area contributed by atoms with Crippen LogP contribution in [0.3, 0.4) is 0 Å². The molecule has 1 aliphatic heterocycles. The van der Waals surface area contributed by atoms with Gasteiger partial charge in [0.05, 0.1) is 23.9 Å². The first-order valence-electron chi connectivity index (χ1n) is 11.0. The van der Waals surface area contributed by atoms with Crippen LogP contribution in [0.4, 0.5) is 5.69 Å². The molecular formula is C25H23N3O7. The minimum absolute atomic E-state index is 0.00399. The molecule has 180 valence electrons. The summed E-state index contributed by atoms with van der Waals surface area (Å²) in [5.41, 5.74) is 0.00730. The minimum atomic E-state index is -0.794. The van der Waals surface area contributed by atoms with Crippen molar-refractivity contribution in [2.45, 2.75) is 13.3 Å². The van der Waals surface area contributed by atoms with Crippen LogP contribution in [-0.4, -0.2) is 52.1 Å². The average Bonchev–Trinajstić information content (AvgIpc) is 3.12. The molecule has 1 saturated heterocycles. The molecule has 1 aliphatic carbocycles. The van der Waals surface area contributed by atoms with E-state index in [-0.39, 0.29) is 22.7 Å². The molecule has 0 radical (unpaired) electrons. The number of nitro benzene ring substituents is 1. The molecule has 0 spiro atoms. The van der Waals surface area contributed by atoms with Gasteiger partial charge < -0.3 is 4.74 Å². The van der Waals surface area contributed by atoms with Gasteiger partial charge in [0.2, 0.25) is 0 Å². The maximum atomic E-state index is 13.5. The number of hydrazine groups is 1. The number of non-ortho nitro benzene ring substituents is 1. The summed E-state index contributed by atoms with van der Waals surface area (Å²) < 4.78 is 5.15. The van der Waals surface area contributed by atoms with Gasteiger partial charge in [-0.05, 0) is 36.6 Å². The Hall–Kier alpha value is -4.34. The van der Waals surface area contributed by atoms with Crippen molar-refractivity contribution < 1.29 is 28.8 Å². The first kappa shape index (κ1) is 23.8. The molecule has 2 aromatic rings. The molecule has 10 nitrogen and oxygen atoms in total. The average molecular weight is 477 g/mol. The molecule has 1 heterocycles. The molecule has 0 bridgehead atoms. The highest BCUT2D eigenvalue weighted by Crippen LogP contribution is 2.39. The van der Waals surface area contributed by atoms with Crippen LogP contribution in [0.25, 0.3) is 0 Å². The van der Waals surface area contributed by atoms with Crippen molar-refractivity contribution in [1.82, 2.24) is 10.0 Å². The Morgan fingerprint density at radius 3 is 2.46 bits per heavy atom. The third-order valence-corrected chi connectivity index (χ3v) is 6.34. The number of carbonyl (C=O) groups is 4. The molecule has 3 atom stereocenters. The van der Waals surface area contributed by atoms with Crippen LogP contribution in [0.1, 0.15) is 34.1 Å². The smallest absolute Gasteiger partial charge is 0.273 e. The normalized spacial score (nSPS) is 21.0. The van der Waals surface area contributed by atoms with E-state index in [0.29, 0.717) is 12.2 Å². The summed E-state index contributed by atoms with van der Waals surface area (Å²) in [5.74, 6) is -3.44. The van der Waals surface area contributed by atoms with Crippen LogP contribution in [0.2, 0.25) is 0 Å². The molecule has 35 heavy (non-hydrogen) atoms. The molecule has 4 rings (SSSR count). The van der Waals surface area contributed by atoms with Gasteiger partial charge in [0.15, 0.2) is 5.78 Å². The van der Waals surface area contributed by atoms with Gasteiger partial charge in [0.25, 0.3) is 23.4 Å². The Kier molecular flexibility index (Phi) is 6.46. The quantitative estimate of drug-likeness (QED) is 0.197. The number of rotatable bonds is 7. The number of fused-ring (bicyclic) bond motifs is 1. The van der Waals surface area contributed by atoms with Crippen molar-refractivity contribution in [2.24, 2.45) is 17.8 Å². The van der Waals surface area contributed by atoms with Gasteiger partial charge in [0, 0.05) is 23.3 Å². The Morgan fingerprint density at radius 1 is 1.11 bits per heavy atom. The fraction of sp³-hybridized carbons (Fsp3) is 0.280. The van der Waals surface area contributed by atoms with Crippen LogP contribution in [0.15, 0.2) is 60.7 Å². The molecule has 0 aromatic heterocycles. The Morgan fingerprint density at radius 2 is 1.83 bits per heavy atom. The summed E-state index contributed by atoms with van der Waals surface area (Å²) in [6.45, 7) is 1.24. The van der Waals surface area contributed by atoms with E-state index >= 15 is 0 Å². The number of nitrogens with zero attached hydrogens (tertiary/aromatic N) is 3. The molecule has 0 unspecified atom stereocenters. The Bertz CT molecular complexity index is 1240. The lowest BCUT2D eigenvalue weighted by atomic mass is 9.78. The third kappa shape index (κ3) is 4.42. The highest BCUT2D eigenvalue weighted by atomic mass is 16.6. The highest BCUT2D eigenvalue weighted by Gasteiger charge is 2.53. The van der Waals surface area contributed by atoms with Crippen LogP contribution in [0, 0.1) is 27.9 Å². The Balaban J connectivity index is 1.71. The molecule has 0 N–H and O–H groups in total. The lowest BCUT2D eigenvalue weighted by Gasteiger charge is -2.30. The SMILES string of the molecule is COc1cccc(C(=O)CN(C(=O)c2ccc([N+](=O)[O-])cc2)N2C(=O)[C@@H]3[C@H](C)C=CC[C@H]3C2=O)c1. The standard InChI is InChI=1S/C25H23N3O7/c1-15-5-3-8-20-22(15)25(32)27(24(20)31)26(14-21(29)17-6-4-7-19(13-17)35-2)23(30)16-9-11-18(12-10-16)28(33)34/h3-7,9-13,15,20,22H,8,14H2,1-2H3/t15-,20-,22-/m1/s1. The van der Waals surface area contributed by atoms with Gasteiger partial charge in [-0.25, -0.2) is 5.01 Å². The number of ketones is 1. The van der Waals surface area contributed by atoms with Gasteiger partial charge in [-0.15, -0.1) is 0 Å². The number of carbonyl (C=O) groups excluding carboxylic acids is 4. The summed E-state index contributed by atoms with van der Waals surface area (Å²) in [5, 5.41) is 12.6. The monoisotopic (exact) mass is 477 g/mol. The Labute approximate surface area is 200 Å². The van der Waals surface area contributed by atoms with Gasteiger partial charge in [0.1, 0.15) is 12.3 Å². The van der Waals surface area contributed by atoms with Gasteiger partial charge in [-0.3, -0.25) is 29.3 Å². The van der Waals surface area contributed by atoms with Gasteiger partial charge in [-0.1, -0.05) is 31.2 Å². The number of hydrogen-bond donors (Lipinski definition) is 0. The lowest BCUT2D eigenvalue weighted by molar-refractivity contribution is -0.384. The fourth-order valence-corrected chi connectivity index (χ4v) is 4.50. The maximum absolute atomic E-state index is 13.5. The van der Waals surface area contributed by atoms with E-state index in [9.17, 15) is 29.3 Å². The molecular weight excluding hydrogens is 454 g/mol. The fourth-order valence-electron chi connectivity index (χ4n) is 4.50. The zero-order chi connectivity index (χ0) is 25.3. The largest absolute Gasteiger partial charge is 0.497 e. The van der Waals surface area contributed by atoms with Crippen molar-refractivity contribution in [2.75, 3.05) is 13.7 Å². The van der Waals surface area contributed by atoms with Crippen molar-refractivity contribution >= 4 is 29.2 Å². The minimum Gasteiger partial charge on any atom is -0.497 e. The second-order valence-corrected chi connectivity index (χ2v) is 8.47. The van der Waals surface area contributed by atoms with E-state index in [1.54, 1.807) is 18.2 Å². The predicted molar refractivity (Wildman–Crippen MR) is 123 cm³/mol. The molecule has 3 amide bonds. The highest BCUT2D eigenvalue weighted by molar-refractivity contribution is 6.10. The van der Waals surface area contributed by atoms with Crippen LogP contribution in [0.5, 0.6) is 5.75 Å². The number of benzene rings is 2. The second kappa shape index (κ2) is 9.49.